The predicted molar refractivity (Wildman–Crippen MR) is 74.9 cm³/mol. The van der Waals surface area contributed by atoms with E-state index >= 15 is 0 Å². The summed E-state index contributed by atoms with van der Waals surface area (Å²) in [4.78, 5) is 0. The molecule has 0 amide bonds. The fourth-order valence-electron chi connectivity index (χ4n) is 3.05. The third-order valence-corrected chi connectivity index (χ3v) is 4.08. The van der Waals surface area contributed by atoms with Crippen LogP contribution in [0.1, 0.15) is 31.4 Å². The van der Waals surface area contributed by atoms with Crippen LogP contribution in [-0.2, 0) is 18.2 Å². The summed E-state index contributed by atoms with van der Waals surface area (Å²) in [5, 5.41) is 11.8. The number of hydrogen-bond donors (Lipinski definition) is 1. The monoisotopic (exact) mass is 266 g/mol. The van der Waals surface area contributed by atoms with E-state index in [0.29, 0.717) is 5.92 Å². The molecule has 1 aromatic rings. The molecule has 1 fully saturated rings. The molecule has 0 bridgehead atoms. The third kappa shape index (κ3) is 4.58. The van der Waals surface area contributed by atoms with Crippen LogP contribution in [-0.4, -0.2) is 41.8 Å². The van der Waals surface area contributed by atoms with Gasteiger partial charge in [-0.2, -0.15) is 0 Å². The Morgan fingerprint density at radius 3 is 2.89 bits per heavy atom. The van der Waals surface area contributed by atoms with Crippen LogP contribution >= 0.6 is 0 Å². The molecule has 2 rings (SSSR count). The van der Waals surface area contributed by atoms with E-state index in [1.807, 2.05) is 13.2 Å². The Balaban J connectivity index is 1.85. The molecule has 0 aromatic carbocycles. The molecule has 1 aliphatic carbocycles. The lowest BCUT2D eigenvalue weighted by Gasteiger charge is -2.23. The second-order valence-corrected chi connectivity index (χ2v) is 5.59. The summed E-state index contributed by atoms with van der Waals surface area (Å²) in [6.45, 7) is 2.77. The largest absolute Gasteiger partial charge is 0.383 e. The maximum absolute atomic E-state index is 5.08. The summed E-state index contributed by atoms with van der Waals surface area (Å²) >= 11 is 0. The van der Waals surface area contributed by atoms with Gasteiger partial charge in [-0.1, -0.05) is 30.9 Å². The standard InChI is InChI=1S/C14H26N4O/c1-18-11-14(16-17-18)9-13(10-15-7-8-19-2)12-5-3-4-6-12/h11-13,15H,3-10H2,1-2H3. The molecule has 0 aliphatic heterocycles. The molecule has 0 spiro atoms. The summed E-state index contributed by atoms with van der Waals surface area (Å²) in [5.41, 5.74) is 1.12. The molecule has 19 heavy (non-hydrogen) atoms. The van der Waals surface area contributed by atoms with Crippen molar-refractivity contribution in [2.24, 2.45) is 18.9 Å². The molecule has 1 aliphatic rings. The lowest BCUT2D eigenvalue weighted by molar-refractivity contribution is 0.195. The predicted octanol–water partition coefficient (Wildman–Crippen LogP) is 1.40. The van der Waals surface area contributed by atoms with Crippen LogP contribution in [0.2, 0.25) is 0 Å². The zero-order chi connectivity index (χ0) is 13.5. The molecule has 108 valence electrons. The minimum atomic E-state index is 0.677. The van der Waals surface area contributed by atoms with Crippen LogP contribution in [0.25, 0.3) is 0 Å². The number of rotatable bonds is 8. The highest BCUT2D eigenvalue weighted by Crippen LogP contribution is 2.32. The zero-order valence-corrected chi connectivity index (χ0v) is 12.1. The highest BCUT2D eigenvalue weighted by molar-refractivity contribution is 4.96. The molecular weight excluding hydrogens is 240 g/mol. The molecule has 5 nitrogen and oxygen atoms in total. The van der Waals surface area contributed by atoms with E-state index in [-0.39, 0.29) is 0 Å². The van der Waals surface area contributed by atoms with Gasteiger partial charge in [0.15, 0.2) is 0 Å². The van der Waals surface area contributed by atoms with Crippen molar-refractivity contribution >= 4 is 0 Å². The average Bonchev–Trinajstić information content (AvgIpc) is 3.04. The van der Waals surface area contributed by atoms with Crippen LogP contribution in [0.5, 0.6) is 0 Å². The van der Waals surface area contributed by atoms with Crippen molar-refractivity contribution in [3.05, 3.63) is 11.9 Å². The summed E-state index contributed by atoms with van der Waals surface area (Å²) < 4.78 is 6.87. The van der Waals surface area contributed by atoms with Crippen molar-refractivity contribution in [2.45, 2.75) is 32.1 Å². The van der Waals surface area contributed by atoms with Crippen LogP contribution < -0.4 is 5.32 Å². The van der Waals surface area contributed by atoms with Gasteiger partial charge in [0.25, 0.3) is 0 Å². The Morgan fingerprint density at radius 1 is 1.47 bits per heavy atom. The van der Waals surface area contributed by atoms with E-state index in [1.54, 1.807) is 11.8 Å². The van der Waals surface area contributed by atoms with Gasteiger partial charge in [0.1, 0.15) is 0 Å². The summed E-state index contributed by atoms with van der Waals surface area (Å²) in [7, 11) is 3.67. The van der Waals surface area contributed by atoms with Crippen molar-refractivity contribution < 1.29 is 4.74 Å². The molecule has 1 heterocycles. The number of methoxy groups -OCH3 is 1. The first-order valence-electron chi connectivity index (χ1n) is 7.34. The summed E-state index contributed by atoms with van der Waals surface area (Å²) in [5.74, 6) is 1.52. The Bertz CT molecular complexity index is 360. The van der Waals surface area contributed by atoms with E-state index in [2.05, 4.69) is 15.6 Å². The van der Waals surface area contributed by atoms with Crippen LogP contribution in [0.15, 0.2) is 6.20 Å². The normalized spacial score (nSPS) is 18.0. The van der Waals surface area contributed by atoms with Crippen molar-refractivity contribution in [3.8, 4) is 0 Å². The number of ether oxygens (including phenoxy) is 1. The first kappa shape index (κ1) is 14.5. The third-order valence-electron chi connectivity index (χ3n) is 4.08. The maximum Gasteiger partial charge on any atom is 0.0830 e. The lowest BCUT2D eigenvalue weighted by atomic mass is 9.87. The molecular formula is C14H26N4O. The fraction of sp³-hybridized carbons (Fsp3) is 0.857. The van der Waals surface area contributed by atoms with Gasteiger partial charge in [-0.05, 0) is 24.8 Å². The Kier molecular flexibility index (Phi) is 5.79. The zero-order valence-electron chi connectivity index (χ0n) is 12.1. The van der Waals surface area contributed by atoms with Gasteiger partial charge in [-0.25, -0.2) is 0 Å². The van der Waals surface area contributed by atoms with Crippen LogP contribution in [0, 0.1) is 11.8 Å². The molecule has 1 unspecified atom stereocenters. The SMILES string of the molecule is COCCNCC(Cc1cn(C)nn1)C1CCCC1. The highest BCUT2D eigenvalue weighted by atomic mass is 16.5. The molecule has 1 aromatic heterocycles. The molecule has 1 N–H and O–H groups in total. The van der Waals surface area contributed by atoms with Gasteiger partial charge in [-0.3, -0.25) is 4.68 Å². The van der Waals surface area contributed by atoms with Gasteiger partial charge in [-0.15, -0.1) is 5.10 Å². The van der Waals surface area contributed by atoms with Gasteiger partial charge in [0.2, 0.25) is 0 Å². The summed E-state index contributed by atoms with van der Waals surface area (Å²) in [6.07, 6.45) is 8.60. The molecule has 1 saturated carbocycles. The summed E-state index contributed by atoms with van der Waals surface area (Å²) in [6, 6.07) is 0. The average molecular weight is 266 g/mol. The molecule has 0 radical (unpaired) electrons. The van der Waals surface area contributed by atoms with Crippen molar-refractivity contribution in [2.75, 3.05) is 26.8 Å². The van der Waals surface area contributed by atoms with Gasteiger partial charge < -0.3 is 10.1 Å². The smallest absolute Gasteiger partial charge is 0.0830 e. The Hall–Kier alpha value is -0.940. The van der Waals surface area contributed by atoms with Crippen molar-refractivity contribution in [3.63, 3.8) is 0 Å². The number of hydrogen-bond acceptors (Lipinski definition) is 4. The van der Waals surface area contributed by atoms with E-state index in [4.69, 9.17) is 4.74 Å². The molecule has 0 saturated heterocycles. The second-order valence-electron chi connectivity index (χ2n) is 5.59. The van der Waals surface area contributed by atoms with E-state index in [9.17, 15) is 0 Å². The maximum atomic E-state index is 5.08. The van der Waals surface area contributed by atoms with Crippen molar-refractivity contribution in [1.29, 1.82) is 0 Å². The topological polar surface area (TPSA) is 52.0 Å². The van der Waals surface area contributed by atoms with Crippen LogP contribution in [0.4, 0.5) is 0 Å². The second kappa shape index (κ2) is 7.60. The minimum Gasteiger partial charge on any atom is -0.383 e. The van der Waals surface area contributed by atoms with E-state index in [0.717, 1.165) is 37.7 Å². The van der Waals surface area contributed by atoms with Crippen LogP contribution in [0.3, 0.4) is 0 Å². The van der Waals surface area contributed by atoms with Gasteiger partial charge in [0, 0.05) is 26.9 Å². The van der Waals surface area contributed by atoms with Gasteiger partial charge in [0.05, 0.1) is 12.3 Å². The first-order chi connectivity index (χ1) is 9.29. The Morgan fingerprint density at radius 2 is 2.26 bits per heavy atom. The number of nitrogens with one attached hydrogen (secondary N) is 1. The first-order valence-corrected chi connectivity index (χ1v) is 7.34. The lowest BCUT2D eigenvalue weighted by Crippen LogP contribution is -2.31. The molecule has 5 heteroatoms. The van der Waals surface area contributed by atoms with Crippen molar-refractivity contribution in [1.82, 2.24) is 20.3 Å². The number of aryl methyl sites for hydroxylation is 1. The minimum absolute atomic E-state index is 0.677. The highest BCUT2D eigenvalue weighted by Gasteiger charge is 2.25. The number of nitrogens with zero attached hydrogens (tertiary/aromatic N) is 3. The molecule has 1 atom stereocenters. The quantitative estimate of drug-likeness (QED) is 0.723. The number of aromatic nitrogens is 3. The van der Waals surface area contributed by atoms with E-state index in [1.165, 1.54) is 25.7 Å². The Labute approximate surface area is 115 Å². The van der Waals surface area contributed by atoms with E-state index < -0.39 is 0 Å². The van der Waals surface area contributed by atoms with Gasteiger partial charge >= 0.3 is 0 Å². The fourth-order valence-corrected chi connectivity index (χ4v) is 3.05.